The topological polar surface area (TPSA) is 64.3 Å². The van der Waals surface area contributed by atoms with Crippen LogP contribution in [0.2, 0.25) is 0 Å². The fraction of sp³-hybridized carbons (Fsp3) is 0.381. The summed E-state index contributed by atoms with van der Waals surface area (Å²) in [6.07, 6.45) is 3.64. The van der Waals surface area contributed by atoms with Gasteiger partial charge in [0.2, 0.25) is 0 Å². The molecule has 0 fully saturated rings. The van der Waals surface area contributed by atoms with Crippen LogP contribution in [0.15, 0.2) is 36.7 Å². The van der Waals surface area contributed by atoms with Crippen LogP contribution in [0.3, 0.4) is 0 Å². The zero-order valence-electron chi connectivity index (χ0n) is 16.1. The molecule has 28 heavy (non-hydrogen) atoms. The Balaban J connectivity index is 1.38. The summed E-state index contributed by atoms with van der Waals surface area (Å²) < 4.78 is 7.78. The summed E-state index contributed by atoms with van der Waals surface area (Å²) in [4.78, 5) is 11.7. The second-order valence-electron chi connectivity index (χ2n) is 7.86. The predicted molar refractivity (Wildman–Crippen MR) is 111 cm³/mol. The summed E-state index contributed by atoms with van der Waals surface area (Å²) in [5.74, 6) is 0.800. The third kappa shape index (κ3) is 3.30. The van der Waals surface area contributed by atoms with Gasteiger partial charge in [-0.25, -0.2) is 14.5 Å². The van der Waals surface area contributed by atoms with E-state index in [1.807, 2.05) is 10.6 Å². The van der Waals surface area contributed by atoms with Gasteiger partial charge in [-0.15, -0.1) is 16.4 Å². The first-order valence-electron chi connectivity index (χ1n) is 9.62. The van der Waals surface area contributed by atoms with Crippen LogP contribution in [-0.4, -0.2) is 31.7 Å². The fourth-order valence-corrected chi connectivity index (χ4v) is 4.80. The Bertz CT molecular complexity index is 1130. The first kappa shape index (κ1) is 17.7. The SMILES string of the molecule is CC1(C)Cc2c(sc3ncn4nc(CNCCc5ccccc5)nc4c23)CO1. The Morgan fingerprint density at radius 3 is 2.96 bits per heavy atom. The third-order valence-electron chi connectivity index (χ3n) is 5.17. The highest BCUT2D eigenvalue weighted by Gasteiger charge is 2.30. The average molecular weight is 394 g/mol. The van der Waals surface area contributed by atoms with Gasteiger partial charge in [-0.05, 0) is 37.9 Å². The van der Waals surface area contributed by atoms with Crippen LogP contribution in [0, 0.1) is 0 Å². The maximum Gasteiger partial charge on any atom is 0.168 e. The molecule has 0 aliphatic carbocycles. The van der Waals surface area contributed by atoms with Gasteiger partial charge in [0, 0.05) is 11.3 Å². The van der Waals surface area contributed by atoms with Crippen molar-refractivity contribution in [2.75, 3.05) is 6.54 Å². The maximum absolute atomic E-state index is 5.97. The average Bonchev–Trinajstić information content (AvgIpc) is 3.25. The Morgan fingerprint density at radius 2 is 2.11 bits per heavy atom. The van der Waals surface area contributed by atoms with Crippen molar-refractivity contribution >= 4 is 27.2 Å². The van der Waals surface area contributed by atoms with Crippen molar-refractivity contribution in [3.8, 4) is 0 Å². The molecule has 0 saturated heterocycles. The van der Waals surface area contributed by atoms with Gasteiger partial charge in [0.1, 0.15) is 11.2 Å². The normalized spacial score (nSPS) is 15.9. The van der Waals surface area contributed by atoms with Crippen molar-refractivity contribution in [3.63, 3.8) is 0 Å². The molecular formula is C21H23N5OS. The monoisotopic (exact) mass is 393 g/mol. The van der Waals surface area contributed by atoms with Crippen molar-refractivity contribution in [1.29, 1.82) is 0 Å². The van der Waals surface area contributed by atoms with Gasteiger partial charge >= 0.3 is 0 Å². The van der Waals surface area contributed by atoms with E-state index in [0.29, 0.717) is 13.2 Å². The first-order chi connectivity index (χ1) is 13.6. The number of ether oxygens (including phenoxy) is 1. The number of hydrogen-bond acceptors (Lipinski definition) is 6. The van der Waals surface area contributed by atoms with Crippen molar-refractivity contribution in [2.45, 2.75) is 45.4 Å². The number of benzene rings is 1. The molecule has 1 aromatic carbocycles. The maximum atomic E-state index is 5.97. The van der Waals surface area contributed by atoms with E-state index in [1.165, 1.54) is 16.0 Å². The van der Waals surface area contributed by atoms with E-state index in [4.69, 9.17) is 9.72 Å². The lowest BCUT2D eigenvalue weighted by atomic mass is 9.94. The number of fused-ring (bicyclic) bond motifs is 5. The van der Waals surface area contributed by atoms with Crippen molar-refractivity contribution in [1.82, 2.24) is 24.9 Å². The van der Waals surface area contributed by atoms with Crippen molar-refractivity contribution in [2.24, 2.45) is 0 Å². The van der Waals surface area contributed by atoms with Gasteiger partial charge in [-0.2, -0.15) is 0 Å². The van der Waals surface area contributed by atoms with Crippen LogP contribution in [-0.2, 0) is 30.7 Å². The Labute approximate surface area is 167 Å². The number of rotatable bonds is 5. The molecule has 0 radical (unpaired) electrons. The zero-order valence-corrected chi connectivity index (χ0v) is 16.9. The lowest BCUT2D eigenvalue weighted by Crippen LogP contribution is -2.31. The van der Waals surface area contributed by atoms with E-state index in [0.717, 1.165) is 41.1 Å². The summed E-state index contributed by atoms with van der Waals surface area (Å²) in [5, 5.41) is 9.22. The van der Waals surface area contributed by atoms with Gasteiger partial charge in [0.05, 0.1) is 24.1 Å². The summed E-state index contributed by atoms with van der Waals surface area (Å²) in [7, 11) is 0. The molecule has 4 heterocycles. The number of nitrogens with one attached hydrogen (secondary N) is 1. The molecule has 0 unspecified atom stereocenters. The number of hydrogen-bond donors (Lipinski definition) is 1. The number of aromatic nitrogens is 4. The molecule has 0 amide bonds. The van der Waals surface area contributed by atoms with Crippen LogP contribution >= 0.6 is 11.3 Å². The minimum Gasteiger partial charge on any atom is -0.370 e. The minimum atomic E-state index is -0.157. The quantitative estimate of drug-likeness (QED) is 0.526. The molecule has 0 bridgehead atoms. The standard InChI is InChI=1S/C21H23N5OS/c1-21(2)10-15-16(12-27-21)28-20-18(15)19-24-17(25-26(19)13-23-20)11-22-9-8-14-6-4-3-5-7-14/h3-7,13,22H,8-12H2,1-2H3. The van der Waals surface area contributed by atoms with E-state index in [1.54, 1.807) is 17.7 Å². The van der Waals surface area contributed by atoms with E-state index in [2.05, 4.69) is 53.5 Å². The van der Waals surface area contributed by atoms with Crippen LogP contribution in [0.1, 0.15) is 35.7 Å². The number of thiophene rings is 1. The first-order valence-corrected chi connectivity index (χ1v) is 10.4. The van der Waals surface area contributed by atoms with E-state index >= 15 is 0 Å². The summed E-state index contributed by atoms with van der Waals surface area (Å²) in [6.45, 7) is 6.47. The molecule has 0 atom stereocenters. The lowest BCUT2D eigenvalue weighted by molar-refractivity contribution is -0.0379. The molecule has 0 saturated carbocycles. The van der Waals surface area contributed by atoms with Gasteiger partial charge in [0.25, 0.3) is 0 Å². The molecule has 6 nitrogen and oxygen atoms in total. The Morgan fingerprint density at radius 1 is 1.25 bits per heavy atom. The second kappa shape index (κ2) is 6.92. The van der Waals surface area contributed by atoms with E-state index < -0.39 is 0 Å². The molecular weight excluding hydrogens is 370 g/mol. The summed E-state index contributed by atoms with van der Waals surface area (Å²) in [5.41, 5.74) is 3.40. The predicted octanol–water partition coefficient (Wildman–Crippen LogP) is 3.52. The van der Waals surface area contributed by atoms with Gasteiger partial charge < -0.3 is 10.1 Å². The van der Waals surface area contributed by atoms with Crippen molar-refractivity contribution in [3.05, 3.63) is 58.5 Å². The van der Waals surface area contributed by atoms with Gasteiger partial charge in [-0.1, -0.05) is 30.3 Å². The highest BCUT2D eigenvalue weighted by atomic mass is 32.1. The highest BCUT2D eigenvalue weighted by molar-refractivity contribution is 7.19. The zero-order chi connectivity index (χ0) is 19.1. The molecule has 4 aromatic rings. The van der Waals surface area contributed by atoms with Crippen LogP contribution in [0.25, 0.3) is 15.9 Å². The molecule has 1 aliphatic rings. The molecule has 0 spiro atoms. The largest absolute Gasteiger partial charge is 0.370 e. The van der Waals surface area contributed by atoms with E-state index in [9.17, 15) is 0 Å². The molecule has 144 valence electrons. The smallest absolute Gasteiger partial charge is 0.168 e. The molecule has 1 N–H and O–H groups in total. The summed E-state index contributed by atoms with van der Waals surface area (Å²) >= 11 is 1.71. The highest BCUT2D eigenvalue weighted by Crippen LogP contribution is 2.39. The fourth-order valence-electron chi connectivity index (χ4n) is 3.74. The van der Waals surface area contributed by atoms with Crippen LogP contribution < -0.4 is 5.32 Å². The van der Waals surface area contributed by atoms with Crippen LogP contribution in [0.5, 0.6) is 0 Å². The molecule has 3 aromatic heterocycles. The molecule has 5 rings (SSSR count). The van der Waals surface area contributed by atoms with E-state index in [-0.39, 0.29) is 5.60 Å². The summed E-state index contributed by atoms with van der Waals surface area (Å²) in [6, 6.07) is 10.5. The lowest BCUT2D eigenvalue weighted by Gasteiger charge is -2.30. The number of nitrogens with zero attached hydrogens (tertiary/aromatic N) is 4. The van der Waals surface area contributed by atoms with Crippen molar-refractivity contribution < 1.29 is 4.74 Å². The van der Waals surface area contributed by atoms with Gasteiger partial charge in [0.15, 0.2) is 11.5 Å². The Hall–Kier alpha value is -2.35. The Kier molecular flexibility index (Phi) is 4.38. The third-order valence-corrected chi connectivity index (χ3v) is 6.28. The second-order valence-corrected chi connectivity index (χ2v) is 8.95. The molecule has 1 aliphatic heterocycles. The van der Waals surface area contributed by atoms with Gasteiger partial charge in [-0.3, -0.25) is 0 Å². The minimum absolute atomic E-state index is 0.157. The van der Waals surface area contributed by atoms with Crippen LogP contribution in [0.4, 0.5) is 0 Å². The molecule has 7 heteroatoms.